The third-order valence-corrected chi connectivity index (χ3v) is 6.21. The van der Waals surface area contributed by atoms with Gasteiger partial charge in [0.15, 0.2) is 0 Å². The van der Waals surface area contributed by atoms with Crippen molar-refractivity contribution in [2.24, 2.45) is 11.8 Å². The lowest BCUT2D eigenvalue weighted by Crippen LogP contribution is -2.33. The molecule has 0 bridgehead atoms. The van der Waals surface area contributed by atoms with Crippen molar-refractivity contribution in [3.8, 4) is 0 Å². The number of hydrogen-bond donors (Lipinski definition) is 1. The summed E-state index contributed by atoms with van der Waals surface area (Å²) in [6.07, 6.45) is 1.24. The predicted molar refractivity (Wildman–Crippen MR) is 84.1 cm³/mol. The number of nitrogens with one attached hydrogen (secondary N) is 1. The number of nitrogens with zero attached hydrogens (tertiary/aromatic N) is 1. The van der Waals surface area contributed by atoms with Gasteiger partial charge in [-0.25, -0.2) is 8.42 Å². The highest BCUT2D eigenvalue weighted by Gasteiger charge is 2.56. The van der Waals surface area contributed by atoms with Crippen LogP contribution in [0.15, 0.2) is 41.8 Å². The Balaban J connectivity index is 1.56. The maximum absolute atomic E-state index is 12.5. The van der Waals surface area contributed by atoms with E-state index in [1.54, 1.807) is 0 Å². The number of halogens is 3. The highest BCUT2D eigenvalue weighted by molar-refractivity contribution is 7.92. The maximum Gasteiger partial charge on any atom is 0.501 e. The van der Waals surface area contributed by atoms with E-state index in [4.69, 9.17) is 0 Å². The summed E-state index contributed by atoms with van der Waals surface area (Å²) in [4.78, 5) is 12.7. The second-order valence-corrected chi connectivity index (χ2v) is 8.29. The number of hydrogen-bond acceptors (Lipinski definition) is 4. The zero-order chi connectivity index (χ0) is 18.4. The van der Waals surface area contributed by atoms with Crippen LogP contribution in [0.3, 0.4) is 0 Å². The first-order valence-corrected chi connectivity index (χ1v) is 9.17. The van der Waals surface area contributed by atoms with Crippen molar-refractivity contribution in [2.75, 3.05) is 13.1 Å². The van der Waals surface area contributed by atoms with E-state index in [9.17, 15) is 26.4 Å². The monoisotopic (exact) mass is 374 g/mol. The summed E-state index contributed by atoms with van der Waals surface area (Å²) in [5, 5.41) is 2.87. The average molecular weight is 374 g/mol. The fourth-order valence-electron chi connectivity index (χ4n) is 3.35. The number of benzene rings is 1. The third-order valence-electron chi connectivity index (χ3n) is 4.71. The number of fused-ring (bicyclic) bond motifs is 1. The highest BCUT2D eigenvalue weighted by atomic mass is 32.2. The minimum Gasteiger partial charge on any atom is -0.349 e. The largest absolute Gasteiger partial charge is 0.501 e. The van der Waals surface area contributed by atoms with Gasteiger partial charge in [0.25, 0.3) is 9.84 Å². The van der Waals surface area contributed by atoms with Crippen LogP contribution in [-0.4, -0.2) is 43.9 Å². The first-order valence-electron chi connectivity index (χ1n) is 7.69. The van der Waals surface area contributed by atoms with E-state index in [0.717, 1.165) is 30.8 Å². The molecule has 1 heterocycles. The molecule has 0 radical (unpaired) electrons. The van der Waals surface area contributed by atoms with E-state index in [-0.39, 0.29) is 11.9 Å². The van der Waals surface area contributed by atoms with Crippen LogP contribution in [0.1, 0.15) is 5.56 Å². The van der Waals surface area contributed by atoms with Gasteiger partial charge in [0, 0.05) is 25.7 Å². The Labute approximate surface area is 143 Å². The number of carbonyl (C=O) groups excluding carboxylic acids is 1. The van der Waals surface area contributed by atoms with Crippen LogP contribution in [0, 0.1) is 11.8 Å². The van der Waals surface area contributed by atoms with Gasteiger partial charge < -0.3 is 5.32 Å². The lowest BCUT2D eigenvalue weighted by molar-refractivity contribution is -0.116. The lowest BCUT2D eigenvalue weighted by atomic mass is 10.2. The number of amides is 1. The Hall–Kier alpha value is -1.87. The van der Waals surface area contributed by atoms with Crippen molar-refractivity contribution >= 4 is 15.7 Å². The minimum atomic E-state index is -5.31. The molecule has 1 N–H and O–H groups in total. The molecule has 3 atom stereocenters. The van der Waals surface area contributed by atoms with Gasteiger partial charge in [-0.05, 0) is 35.6 Å². The molecule has 9 heteroatoms. The minimum absolute atomic E-state index is 0.168. The summed E-state index contributed by atoms with van der Waals surface area (Å²) in [7, 11) is -5.31. The Morgan fingerprint density at radius 2 is 1.80 bits per heavy atom. The molecule has 0 aromatic heterocycles. The van der Waals surface area contributed by atoms with Crippen LogP contribution in [-0.2, 0) is 21.2 Å². The zero-order valence-corrected chi connectivity index (χ0v) is 14.0. The summed E-state index contributed by atoms with van der Waals surface area (Å²) >= 11 is 0. The Bertz CT molecular complexity index is 778. The number of likely N-dealkylation sites (tertiary alicyclic amines) is 1. The first kappa shape index (κ1) is 17.9. The predicted octanol–water partition coefficient (Wildman–Crippen LogP) is 1.71. The smallest absolute Gasteiger partial charge is 0.349 e. The average Bonchev–Trinajstić information content (AvgIpc) is 2.98. The van der Waals surface area contributed by atoms with Crippen LogP contribution in [0.25, 0.3) is 0 Å². The molecule has 1 saturated carbocycles. The quantitative estimate of drug-likeness (QED) is 0.797. The van der Waals surface area contributed by atoms with Gasteiger partial charge in [0.1, 0.15) is 0 Å². The van der Waals surface area contributed by atoms with Crippen molar-refractivity contribution in [1.82, 2.24) is 10.2 Å². The second kappa shape index (κ2) is 6.14. The Morgan fingerprint density at radius 1 is 1.24 bits per heavy atom. The Kier molecular flexibility index (Phi) is 4.40. The van der Waals surface area contributed by atoms with Gasteiger partial charge in [-0.3, -0.25) is 9.69 Å². The van der Waals surface area contributed by atoms with Crippen molar-refractivity contribution in [1.29, 1.82) is 0 Å². The zero-order valence-electron chi connectivity index (χ0n) is 13.2. The van der Waals surface area contributed by atoms with Gasteiger partial charge in [-0.15, -0.1) is 0 Å². The number of alkyl halides is 3. The van der Waals surface area contributed by atoms with E-state index in [1.807, 2.05) is 0 Å². The van der Waals surface area contributed by atoms with Crippen molar-refractivity contribution in [3.05, 3.63) is 42.5 Å². The van der Waals surface area contributed by atoms with E-state index in [2.05, 4.69) is 16.8 Å². The topological polar surface area (TPSA) is 66.5 Å². The molecule has 5 nitrogen and oxygen atoms in total. The molecule has 1 saturated heterocycles. The molecule has 2 aliphatic rings. The third kappa shape index (κ3) is 3.43. The van der Waals surface area contributed by atoms with E-state index in [1.165, 1.54) is 18.2 Å². The molecule has 25 heavy (non-hydrogen) atoms. The molecule has 136 valence electrons. The van der Waals surface area contributed by atoms with Gasteiger partial charge >= 0.3 is 5.51 Å². The number of rotatable bonds is 5. The first-order chi connectivity index (χ1) is 11.6. The van der Waals surface area contributed by atoms with E-state index < -0.39 is 20.2 Å². The van der Waals surface area contributed by atoms with Crippen LogP contribution < -0.4 is 5.32 Å². The SMILES string of the molecule is C=CC(=O)N[C@H]1[C@@H]2CN(Cc3ccc(S(=O)(=O)C(F)(F)F)cc3)C[C@@H]21. The molecular formula is C16H17F3N2O3S. The van der Waals surface area contributed by atoms with Crippen LogP contribution in [0.4, 0.5) is 13.2 Å². The second-order valence-electron chi connectivity index (χ2n) is 6.35. The molecule has 1 amide bonds. The van der Waals surface area contributed by atoms with Gasteiger partial charge in [-0.1, -0.05) is 18.7 Å². The number of piperidine rings is 1. The van der Waals surface area contributed by atoms with Gasteiger partial charge in [0.05, 0.1) is 4.90 Å². The van der Waals surface area contributed by atoms with Crippen molar-refractivity contribution in [3.63, 3.8) is 0 Å². The van der Waals surface area contributed by atoms with Gasteiger partial charge in [-0.2, -0.15) is 13.2 Å². The standard InChI is InChI=1S/C16H17F3N2O3S/c1-2-14(22)20-15-12-8-21(9-13(12)15)7-10-3-5-11(6-4-10)25(23,24)16(17,18)19/h2-6,12-13,15H,1,7-9H2,(H,20,22)/t12-,13+,15+. The Morgan fingerprint density at radius 3 is 2.28 bits per heavy atom. The lowest BCUT2D eigenvalue weighted by Gasteiger charge is -2.20. The van der Waals surface area contributed by atoms with Crippen molar-refractivity contribution in [2.45, 2.75) is 23.0 Å². The van der Waals surface area contributed by atoms with E-state index in [0.29, 0.717) is 18.4 Å². The molecule has 1 aromatic carbocycles. The molecule has 3 rings (SSSR count). The van der Waals surface area contributed by atoms with E-state index >= 15 is 0 Å². The van der Waals surface area contributed by atoms with Crippen LogP contribution >= 0.6 is 0 Å². The number of sulfone groups is 1. The molecule has 0 spiro atoms. The van der Waals surface area contributed by atoms with Crippen LogP contribution in [0.5, 0.6) is 0 Å². The van der Waals surface area contributed by atoms with Crippen molar-refractivity contribution < 1.29 is 26.4 Å². The fourth-order valence-corrected chi connectivity index (χ4v) is 4.11. The number of carbonyl (C=O) groups is 1. The summed E-state index contributed by atoms with van der Waals surface area (Å²) in [6, 6.07) is 4.95. The molecule has 0 unspecified atom stereocenters. The molecular weight excluding hydrogens is 357 g/mol. The summed E-state index contributed by atoms with van der Waals surface area (Å²) < 4.78 is 60.2. The normalized spacial score (nSPS) is 26.1. The van der Waals surface area contributed by atoms with Crippen LogP contribution in [0.2, 0.25) is 0 Å². The summed E-state index contributed by atoms with van der Waals surface area (Å²) in [6.45, 7) is 5.51. The molecule has 1 aliphatic heterocycles. The van der Waals surface area contributed by atoms with Gasteiger partial charge in [0.2, 0.25) is 5.91 Å². The summed E-state index contributed by atoms with van der Waals surface area (Å²) in [5.74, 6) is 0.579. The fraction of sp³-hybridized carbons (Fsp3) is 0.438. The molecule has 1 aliphatic carbocycles. The maximum atomic E-state index is 12.5. The molecule has 1 aromatic rings. The highest BCUT2D eigenvalue weighted by Crippen LogP contribution is 2.45. The summed E-state index contributed by atoms with van der Waals surface area (Å²) in [5.41, 5.74) is -4.55. The molecule has 2 fully saturated rings.